The molecule has 100 valence electrons. The minimum absolute atomic E-state index is 0.220. The Morgan fingerprint density at radius 1 is 1.32 bits per heavy atom. The molecule has 1 amide bonds. The summed E-state index contributed by atoms with van der Waals surface area (Å²) in [6.45, 7) is 3.62. The Hall–Kier alpha value is -2.21. The first-order valence-electron chi connectivity index (χ1n) is 6.19. The molecule has 0 saturated heterocycles. The normalized spacial score (nSPS) is 10.4. The lowest BCUT2D eigenvalue weighted by Gasteiger charge is -2.04. The van der Waals surface area contributed by atoms with Crippen LogP contribution in [0.5, 0.6) is 0 Å². The second-order valence-corrected chi connectivity index (χ2v) is 4.16. The van der Waals surface area contributed by atoms with Gasteiger partial charge in [-0.05, 0) is 18.1 Å². The number of aromatic nitrogens is 3. The zero-order valence-electron chi connectivity index (χ0n) is 10.8. The molecule has 0 spiro atoms. The van der Waals surface area contributed by atoms with Crippen LogP contribution in [0.15, 0.2) is 30.5 Å². The predicted octanol–water partition coefficient (Wildman–Crippen LogP) is 0.687. The number of aryl methyl sites for hydroxylation is 1. The molecular weight excluding hydrogens is 242 g/mol. The molecule has 1 aromatic heterocycles. The third-order valence-electron chi connectivity index (χ3n) is 2.81. The van der Waals surface area contributed by atoms with Crippen LogP contribution in [0.25, 0.3) is 0 Å². The molecule has 0 unspecified atom stereocenters. The highest BCUT2D eigenvalue weighted by Gasteiger charge is 2.09. The number of hydrogen-bond donors (Lipinski definition) is 2. The van der Waals surface area contributed by atoms with Crippen molar-refractivity contribution in [3.63, 3.8) is 0 Å². The van der Waals surface area contributed by atoms with Crippen molar-refractivity contribution in [2.75, 3.05) is 0 Å². The van der Waals surface area contributed by atoms with Crippen LogP contribution in [0, 0.1) is 0 Å². The SMILES string of the molecule is CCn1cc(C(=O)NCc2ccc(CN)cc2)nn1. The van der Waals surface area contributed by atoms with Gasteiger partial charge in [0.25, 0.3) is 5.91 Å². The maximum Gasteiger partial charge on any atom is 0.273 e. The van der Waals surface area contributed by atoms with Gasteiger partial charge in [0.2, 0.25) is 0 Å². The first kappa shape index (κ1) is 13.2. The summed E-state index contributed by atoms with van der Waals surface area (Å²) in [5, 5.41) is 10.4. The van der Waals surface area contributed by atoms with E-state index < -0.39 is 0 Å². The molecule has 0 radical (unpaired) electrons. The standard InChI is InChI=1S/C13H17N5O/c1-2-18-9-12(16-17-18)13(19)15-8-11-5-3-10(7-14)4-6-11/h3-6,9H,2,7-8,14H2,1H3,(H,15,19). The second kappa shape index (κ2) is 6.10. The molecule has 0 fully saturated rings. The number of rotatable bonds is 5. The van der Waals surface area contributed by atoms with E-state index in [1.807, 2.05) is 31.2 Å². The summed E-state index contributed by atoms with van der Waals surface area (Å²) in [7, 11) is 0. The molecule has 0 saturated carbocycles. The number of carbonyl (C=O) groups is 1. The van der Waals surface area contributed by atoms with Gasteiger partial charge in [0, 0.05) is 19.6 Å². The van der Waals surface area contributed by atoms with E-state index in [2.05, 4.69) is 15.6 Å². The number of amides is 1. The largest absolute Gasteiger partial charge is 0.347 e. The Morgan fingerprint density at radius 3 is 2.58 bits per heavy atom. The Balaban J connectivity index is 1.92. The maximum atomic E-state index is 11.8. The molecule has 2 rings (SSSR count). The molecule has 0 aliphatic carbocycles. The highest BCUT2D eigenvalue weighted by Crippen LogP contribution is 2.04. The fourth-order valence-corrected chi connectivity index (χ4v) is 1.62. The van der Waals surface area contributed by atoms with Crippen molar-refractivity contribution in [3.8, 4) is 0 Å². The van der Waals surface area contributed by atoms with Gasteiger partial charge in [-0.1, -0.05) is 29.5 Å². The lowest BCUT2D eigenvalue weighted by Crippen LogP contribution is -2.23. The molecule has 1 heterocycles. The van der Waals surface area contributed by atoms with E-state index in [-0.39, 0.29) is 5.91 Å². The average molecular weight is 259 g/mol. The van der Waals surface area contributed by atoms with Crippen molar-refractivity contribution in [1.29, 1.82) is 0 Å². The van der Waals surface area contributed by atoms with Crippen LogP contribution in [0.4, 0.5) is 0 Å². The number of hydrogen-bond acceptors (Lipinski definition) is 4. The van der Waals surface area contributed by atoms with E-state index >= 15 is 0 Å². The van der Waals surface area contributed by atoms with Crippen LogP contribution >= 0.6 is 0 Å². The van der Waals surface area contributed by atoms with Gasteiger partial charge >= 0.3 is 0 Å². The lowest BCUT2D eigenvalue weighted by molar-refractivity contribution is 0.0946. The Morgan fingerprint density at radius 2 is 2.00 bits per heavy atom. The highest BCUT2D eigenvalue weighted by atomic mass is 16.2. The number of nitrogens with two attached hydrogens (primary N) is 1. The van der Waals surface area contributed by atoms with Crippen LogP contribution < -0.4 is 11.1 Å². The molecule has 1 aromatic carbocycles. The van der Waals surface area contributed by atoms with E-state index in [0.29, 0.717) is 25.3 Å². The van der Waals surface area contributed by atoms with Gasteiger partial charge in [-0.3, -0.25) is 9.48 Å². The summed E-state index contributed by atoms with van der Waals surface area (Å²) in [5.74, 6) is -0.220. The summed E-state index contributed by atoms with van der Waals surface area (Å²) in [6, 6.07) is 7.81. The van der Waals surface area contributed by atoms with Crippen molar-refractivity contribution in [2.24, 2.45) is 5.73 Å². The monoisotopic (exact) mass is 259 g/mol. The van der Waals surface area contributed by atoms with Gasteiger partial charge < -0.3 is 11.1 Å². The Bertz CT molecular complexity index is 546. The van der Waals surface area contributed by atoms with Gasteiger partial charge in [-0.2, -0.15) is 0 Å². The second-order valence-electron chi connectivity index (χ2n) is 4.16. The molecule has 0 atom stereocenters. The van der Waals surface area contributed by atoms with E-state index in [9.17, 15) is 4.79 Å². The van der Waals surface area contributed by atoms with Gasteiger partial charge in [-0.15, -0.1) is 5.10 Å². The van der Waals surface area contributed by atoms with Crippen LogP contribution in [-0.4, -0.2) is 20.9 Å². The molecule has 2 aromatic rings. The van der Waals surface area contributed by atoms with Crippen molar-refractivity contribution in [2.45, 2.75) is 26.6 Å². The molecule has 6 nitrogen and oxygen atoms in total. The number of nitrogens with zero attached hydrogens (tertiary/aromatic N) is 3. The van der Waals surface area contributed by atoms with Gasteiger partial charge in [-0.25, -0.2) is 0 Å². The molecule has 3 N–H and O–H groups in total. The molecular formula is C13H17N5O. The predicted molar refractivity (Wildman–Crippen MR) is 71.2 cm³/mol. The summed E-state index contributed by atoms with van der Waals surface area (Å²) >= 11 is 0. The first-order chi connectivity index (χ1) is 9.22. The zero-order chi connectivity index (χ0) is 13.7. The third kappa shape index (κ3) is 3.38. The molecule has 0 aliphatic heterocycles. The third-order valence-corrected chi connectivity index (χ3v) is 2.81. The first-order valence-corrected chi connectivity index (χ1v) is 6.19. The minimum Gasteiger partial charge on any atom is -0.347 e. The van der Waals surface area contributed by atoms with E-state index in [1.165, 1.54) is 0 Å². The fraction of sp³-hybridized carbons (Fsp3) is 0.308. The molecule has 6 heteroatoms. The molecule has 0 bridgehead atoms. The summed E-state index contributed by atoms with van der Waals surface area (Å²) in [5.41, 5.74) is 7.95. The Kier molecular flexibility index (Phi) is 4.25. The van der Waals surface area contributed by atoms with Crippen molar-refractivity contribution < 1.29 is 4.79 Å². The van der Waals surface area contributed by atoms with Crippen LogP contribution in [-0.2, 0) is 19.6 Å². The smallest absolute Gasteiger partial charge is 0.273 e. The molecule has 19 heavy (non-hydrogen) atoms. The Labute approximate surface area is 111 Å². The fourth-order valence-electron chi connectivity index (χ4n) is 1.62. The van der Waals surface area contributed by atoms with Gasteiger partial charge in [0.1, 0.15) is 0 Å². The topological polar surface area (TPSA) is 85.8 Å². The minimum atomic E-state index is -0.220. The average Bonchev–Trinajstić information content (AvgIpc) is 2.94. The van der Waals surface area contributed by atoms with Crippen molar-refractivity contribution in [3.05, 3.63) is 47.3 Å². The van der Waals surface area contributed by atoms with Crippen molar-refractivity contribution in [1.82, 2.24) is 20.3 Å². The lowest BCUT2D eigenvalue weighted by atomic mass is 10.1. The number of carbonyl (C=O) groups excluding carboxylic acids is 1. The van der Waals surface area contributed by atoms with E-state index in [4.69, 9.17) is 5.73 Å². The summed E-state index contributed by atoms with van der Waals surface area (Å²) < 4.78 is 1.62. The number of benzene rings is 1. The van der Waals surface area contributed by atoms with Gasteiger partial charge in [0.15, 0.2) is 5.69 Å². The van der Waals surface area contributed by atoms with Crippen molar-refractivity contribution >= 4 is 5.91 Å². The van der Waals surface area contributed by atoms with Crippen LogP contribution in [0.1, 0.15) is 28.5 Å². The summed E-state index contributed by atoms with van der Waals surface area (Å²) in [4.78, 5) is 11.8. The quantitative estimate of drug-likeness (QED) is 0.827. The van der Waals surface area contributed by atoms with Crippen LogP contribution in [0.3, 0.4) is 0 Å². The van der Waals surface area contributed by atoms with E-state index in [0.717, 1.165) is 11.1 Å². The highest BCUT2D eigenvalue weighted by molar-refractivity contribution is 5.91. The maximum absolute atomic E-state index is 11.8. The zero-order valence-corrected chi connectivity index (χ0v) is 10.8. The van der Waals surface area contributed by atoms with Crippen LogP contribution in [0.2, 0.25) is 0 Å². The van der Waals surface area contributed by atoms with Gasteiger partial charge in [0.05, 0.1) is 6.20 Å². The number of nitrogens with one attached hydrogen (secondary N) is 1. The summed E-state index contributed by atoms with van der Waals surface area (Å²) in [6.07, 6.45) is 1.63. The van der Waals surface area contributed by atoms with E-state index in [1.54, 1.807) is 10.9 Å². The molecule has 0 aliphatic rings.